The summed E-state index contributed by atoms with van der Waals surface area (Å²) in [4.78, 5) is 10.7. The molecular weight excluding hydrogens is 244 g/mol. The molecule has 4 nitrogen and oxygen atoms in total. The van der Waals surface area contributed by atoms with Crippen molar-refractivity contribution in [1.82, 2.24) is 0 Å². The molecule has 19 heavy (non-hydrogen) atoms. The van der Waals surface area contributed by atoms with Gasteiger partial charge in [-0.3, -0.25) is 0 Å². The zero-order chi connectivity index (χ0) is 15.1. The van der Waals surface area contributed by atoms with Crippen molar-refractivity contribution >= 4 is 6.16 Å². The number of carbonyl (C=O) groups is 1. The molecule has 1 aliphatic rings. The molecule has 1 aliphatic carbocycles. The van der Waals surface area contributed by atoms with E-state index in [9.17, 15) is 9.90 Å². The Bertz CT molecular complexity index is 404. The number of rotatable bonds is 1. The molecule has 0 bridgehead atoms. The fraction of sp³-hybridized carbons (Fsp3) is 0.667. The Balaban J connectivity index is 3.34. The summed E-state index contributed by atoms with van der Waals surface area (Å²) in [5.41, 5.74) is -1.13. The van der Waals surface area contributed by atoms with E-state index in [0.29, 0.717) is 0 Å². The lowest BCUT2D eigenvalue weighted by molar-refractivity contribution is -0.0927. The first kappa shape index (κ1) is 15.8. The van der Waals surface area contributed by atoms with E-state index in [1.54, 1.807) is 6.08 Å². The SMILES string of the molecule is CC(C)(C)C1(C(C)(C)C)C=CC=C(OC(=O)O)C1O. The van der Waals surface area contributed by atoms with Crippen LogP contribution in [0.15, 0.2) is 24.0 Å². The maximum Gasteiger partial charge on any atom is 0.511 e. The second-order valence-corrected chi connectivity index (χ2v) is 7.07. The van der Waals surface area contributed by atoms with Crippen LogP contribution < -0.4 is 0 Å². The van der Waals surface area contributed by atoms with Gasteiger partial charge in [-0.2, -0.15) is 0 Å². The molecule has 2 N–H and O–H groups in total. The average Bonchev–Trinajstić information content (AvgIpc) is 2.16. The monoisotopic (exact) mass is 268 g/mol. The Hall–Kier alpha value is -1.29. The number of carboxylic acid groups (broad SMARTS) is 1. The van der Waals surface area contributed by atoms with Crippen molar-refractivity contribution in [2.45, 2.75) is 47.6 Å². The van der Waals surface area contributed by atoms with Crippen LogP contribution in [0.1, 0.15) is 41.5 Å². The molecule has 0 radical (unpaired) electrons. The minimum atomic E-state index is -1.41. The molecule has 0 saturated heterocycles. The molecule has 1 atom stereocenters. The zero-order valence-corrected chi connectivity index (χ0v) is 12.5. The zero-order valence-electron chi connectivity index (χ0n) is 12.5. The standard InChI is InChI=1S/C15H24O4/c1-13(2,3)15(14(4,5)6)9-7-8-10(11(15)16)19-12(17)18/h7-9,11,16H,1-6H3,(H,17,18). The van der Waals surface area contributed by atoms with Crippen LogP contribution in [0, 0.1) is 16.2 Å². The molecule has 0 aromatic carbocycles. The minimum absolute atomic E-state index is 0.0832. The highest BCUT2D eigenvalue weighted by Gasteiger charge is 2.56. The van der Waals surface area contributed by atoms with E-state index in [2.05, 4.69) is 0 Å². The third-order valence-corrected chi connectivity index (χ3v) is 4.01. The van der Waals surface area contributed by atoms with Crippen molar-refractivity contribution in [1.29, 1.82) is 0 Å². The van der Waals surface area contributed by atoms with E-state index in [1.165, 1.54) is 6.08 Å². The second-order valence-electron chi connectivity index (χ2n) is 7.07. The minimum Gasteiger partial charge on any atom is -0.449 e. The first-order valence-corrected chi connectivity index (χ1v) is 6.42. The molecule has 0 aromatic rings. The van der Waals surface area contributed by atoms with E-state index in [-0.39, 0.29) is 16.6 Å². The molecule has 0 amide bonds. The van der Waals surface area contributed by atoms with E-state index < -0.39 is 17.7 Å². The number of allylic oxidation sites excluding steroid dienone is 2. The van der Waals surface area contributed by atoms with Crippen LogP contribution in [0.5, 0.6) is 0 Å². The molecule has 108 valence electrons. The predicted molar refractivity (Wildman–Crippen MR) is 73.7 cm³/mol. The van der Waals surface area contributed by atoms with Gasteiger partial charge in [0, 0.05) is 5.41 Å². The number of aliphatic hydroxyl groups is 1. The molecule has 0 fully saturated rings. The smallest absolute Gasteiger partial charge is 0.449 e. The molecule has 0 aliphatic heterocycles. The molecule has 1 unspecified atom stereocenters. The second kappa shape index (κ2) is 4.67. The molecule has 1 rings (SSSR count). The lowest BCUT2D eigenvalue weighted by atomic mass is 9.50. The number of hydrogen-bond donors (Lipinski definition) is 2. The van der Waals surface area contributed by atoms with Gasteiger partial charge in [0.05, 0.1) is 0 Å². The molecule has 0 heterocycles. The summed E-state index contributed by atoms with van der Waals surface area (Å²) < 4.78 is 4.73. The van der Waals surface area contributed by atoms with E-state index in [0.717, 1.165) is 0 Å². The van der Waals surface area contributed by atoms with Gasteiger partial charge < -0.3 is 14.9 Å². The van der Waals surface area contributed by atoms with Crippen LogP contribution in [0.25, 0.3) is 0 Å². The Labute approximate surface area is 114 Å². The fourth-order valence-corrected chi connectivity index (χ4v) is 3.34. The Morgan fingerprint density at radius 1 is 1.21 bits per heavy atom. The van der Waals surface area contributed by atoms with Crippen LogP contribution in [0.3, 0.4) is 0 Å². The van der Waals surface area contributed by atoms with Gasteiger partial charge in [-0.05, 0) is 16.9 Å². The summed E-state index contributed by atoms with van der Waals surface area (Å²) in [6.45, 7) is 12.2. The summed E-state index contributed by atoms with van der Waals surface area (Å²) in [6, 6.07) is 0. The van der Waals surface area contributed by atoms with Crippen LogP contribution in [-0.2, 0) is 4.74 Å². The first-order valence-electron chi connectivity index (χ1n) is 6.42. The van der Waals surface area contributed by atoms with Crippen molar-refractivity contribution < 1.29 is 19.7 Å². The van der Waals surface area contributed by atoms with Gasteiger partial charge in [-0.25, -0.2) is 4.79 Å². The Morgan fingerprint density at radius 3 is 2.05 bits per heavy atom. The molecule has 0 aromatic heterocycles. The summed E-state index contributed by atoms with van der Waals surface area (Å²) in [7, 11) is 0. The average molecular weight is 268 g/mol. The number of ether oxygens (including phenoxy) is 1. The maximum atomic E-state index is 10.7. The lowest BCUT2D eigenvalue weighted by Crippen LogP contribution is -2.54. The van der Waals surface area contributed by atoms with Gasteiger partial charge in [-0.1, -0.05) is 53.7 Å². The van der Waals surface area contributed by atoms with E-state index >= 15 is 0 Å². The summed E-state index contributed by atoms with van der Waals surface area (Å²) in [5, 5.41) is 19.5. The van der Waals surface area contributed by atoms with Crippen LogP contribution >= 0.6 is 0 Å². The van der Waals surface area contributed by atoms with Gasteiger partial charge in [0.1, 0.15) is 11.9 Å². The van der Waals surface area contributed by atoms with Crippen molar-refractivity contribution in [3.8, 4) is 0 Å². The molecule has 4 heteroatoms. The fourth-order valence-electron chi connectivity index (χ4n) is 3.34. The quantitative estimate of drug-likeness (QED) is 0.713. The van der Waals surface area contributed by atoms with Gasteiger partial charge in [0.15, 0.2) is 0 Å². The normalized spacial score (nSPS) is 22.9. The maximum absolute atomic E-state index is 10.7. The predicted octanol–water partition coefficient (Wildman–Crippen LogP) is 3.57. The summed E-state index contributed by atoms with van der Waals surface area (Å²) >= 11 is 0. The third kappa shape index (κ3) is 2.54. The topological polar surface area (TPSA) is 66.8 Å². The van der Waals surface area contributed by atoms with Gasteiger partial charge in [0.2, 0.25) is 0 Å². The van der Waals surface area contributed by atoms with Crippen LogP contribution in [0.2, 0.25) is 0 Å². The van der Waals surface area contributed by atoms with E-state index in [4.69, 9.17) is 9.84 Å². The van der Waals surface area contributed by atoms with Crippen LogP contribution in [0.4, 0.5) is 4.79 Å². The van der Waals surface area contributed by atoms with Gasteiger partial charge >= 0.3 is 6.16 Å². The van der Waals surface area contributed by atoms with Crippen molar-refractivity contribution in [3.63, 3.8) is 0 Å². The van der Waals surface area contributed by atoms with Gasteiger partial charge in [-0.15, -0.1) is 0 Å². The Morgan fingerprint density at radius 2 is 1.68 bits per heavy atom. The molecule has 0 spiro atoms. The van der Waals surface area contributed by atoms with Crippen LogP contribution in [-0.4, -0.2) is 22.5 Å². The van der Waals surface area contributed by atoms with Gasteiger partial charge in [0.25, 0.3) is 0 Å². The van der Waals surface area contributed by atoms with Crippen molar-refractivity contribution in [2.24, 2.45) is 16.2 Å². The summed E-state index contributed by atoms with van der Waals surface area (Å²) in [5.74, 6) is 0.0832. The first-order chi connectivity index (χ1) is 8.43. The van der Waals surface area contributed by atoms with E-state index in [1.807, 2.05) is 47.6 Å². The van der Waals surface area contributed by atoms with Crippen molar-refractivity contribution in [3.05, 3.63) is 24.0 Å². The summed E-state index contributed by atoms with van der Waals surface area (Å²) in [6.07, 6.45) is 2.84. The van der Waals surface area contributed by atoms with Crippen molar-refractivity contribution in [2.75, 3.05) is 0 Å². The number of hydrogen-bond acceptors (Lipinski definition) is 3. The highest BCUT2D eigenvalue weighted by atomic mass is 16.7. The highest BCUT2D eigenvalue weighted by Crippen LogP contribution is 2.57. The molecule has 0 saturated carbocycles. The highest BCUT2D eigenvalue weighted by molar-refractivity contribution is 5.59. The number of aliphatic hydroxyl groups excluding tert-OH is 1. The third-order valence-electron chi connectivity index (χ3n) is 4.01. The molecular formula is C15H24O4. The lowest BCUT2D eigenvalue weighted by Gasteiger charge is -2.55. The Kier molecular flexibility index (Phi) is 3.88. The largest absolute Gasteiger partial charge is 0.511 e.